The summed E-state index contributed by atoms with van der Waals surface area (Å²) in [6.45, 7) is 0.655. The third kappa shape index (κ3) is 6.26. The number of rotatable bonds is 11. The second kappa shape index (κ2) is 12.0. The standard InChI is InChI=1S/C27H28N4O2S/c1-33-24-15-8-12-22(20-24)26-29-30-27(31(26)23-13-6-3-7-14-23)34-19-9-16-25(32)28-18-17-21-10-4-2-5-11-21/h2-8,10-15,20H,9,16-19H2,1H3,(H,28,32). The fraction of sp³-hybridized carbons (Fsp3) is 0.222. The molecule has 0 aliphatic rings. The lowest BCUT2D eigenvalue weighted by Crippen LogP contribution is -2.25. The van der Waals surface area contributed by atoms with Crippen molar-refractivity contribution in [1.29, 1.82) is 0 Å². The van der Waals surface area contributed by atoms with E-state index in [-0.39, 0.29) is 5.91 Å². The van der Waals surface area contributed by atoms with E-state index in [2.05, 4.69) is 32.2 Å². The minimum absolute atomic E-state index is 0.0816. The number of methoxy groups -OCH3 is 1. The van der Waals surface area contributed by atoms with Gasteiger partial charge in [-0.3, -0.25) is 9.36 Å². The summed E-state index contributed by atoms with van der Waals surface area (Å²) in [4.78, 5) is 12.2. The van der Waals surface area contributed by atoms with Crippen molar-refractivity contribution in [3.8, 4) is 22.8 Å². The van der Waals surface area contributed by atoms with E-state index in [0.717, 1.165) is 46.6 Å². The van der Waals surface area contributed by atoms with Gasteiger partial charge in [-0.15, -0.1) is 10.2 Å². The van der Waals surface area contributed by atoms with Crippen molar-refractivity contribution in [2.45, 2.75) is 24.4 Å². The largest absolute Gasteiger partial charge is 0.497 e. The molecule has 1 heterocycles. The molecule has 3 aromatic carbocycles. The normalized spacial score (nSPS) is 10.7. The van der Waals surface area contributed by atoms with Gasteiger partial charge < -0.3 is 10.1 Å². The van der Waals surface area contributed by atoms with Gasteiger partial charge in [0.1, 0.15) is 5.75 Å². The van der Waals surface area contributed by atoms with Crippen LogP contribution in [0.3, 0.4) is 0 Å². The third-order valence-electron chi connectivity index (χ3n) is 5.33. The lowest BCUT2D eigenvalue weighted by Gasteiger charge is -2.11. The molecule has 0 saturated carbocycles. The Bertz CT molecular complexity index is 1200. The summed E-state index contributed by atoms with van der Waals surface area (Å²) in [6, 6.07) is 28.1. The van der Waals surface area contributed by atoms with Crippen LogP contribution in [0.25, 0.3) is 17.1 Å². The van der Waals surface area contributed by atoms with Gasteiger partial charge >= 0.3 is 0 Å². The van der Waals surface area contributed by atoms with E-state index in [1.807, 2.05) is 72.8 Å². The number of amides is 1. The molecular weight excluding hydrogens is 444 g/mol. The summed E-state index contributed by atoms with van der Waals surface area (Å²) >= 11 is 1.61. The molecule has 4 aromatic rings. The van der Waals surface area contributed by atoms with E-state index in [1.165, 1.54) is 5.56 Å². The number of hydrogen-bond acceptors (Lipinski definition) is 5. The van der Waals surface area contributed by atoms with Crippen LogP contribution in [-0.4, -0.2) is 40.1 Å². The van der Waals surface area contributed by atoms with E-state index in [0.29, 0.717) is 13.0 Å². The zero-order valence-corrected chi connectivity index (χ0v) is 20.0. The Labute approximate surface area is 204 Å². The van der Waals surface area contributed by atoms with Crippen LogP contribution in [0, 0.1) is 0 Å². The molecule has 0 unspecified atom stereocenters. The Morgan fingerprint density at radius 1 is 0.971 bits per heavy atom. The van der Waals surface area contributed by atoms with Gasteiger partial charge in [-0.05, 0) is 42.7 Å². The van der Waals surface area contributed by atoms with Gasteiger partial charge in [-0.25, -0.2) is 0 Å². The lowest BCUT2D eigenvalue weighted by atomic mass is 10.1. The zero-order valence-electron chi connectivity index (χ0n) is 19.2. The van der Waals surface area contributed by atoms with E-state index in [9.17, 15) is 4.79 Å². The number of hydrogen-bond donors (Lipinski definition) is 1. The topological polar surface area (TPSA) is 69.0 Å². The van der Waals surface area contributed by atoms with Gasteiger partial charge in [0.2, 0.25) is 5.91 Å². The number of carbonyl (C=O) groups excluding carboxylic acids is 1. The number of nitrogens with one attached hydrogen (secondary N) is 1. The molecule has 1 aromatic heterocycles. The zero-order chi connectivity index (χ0) is 23.6. The Hall–Kier alpha value is -3.58. The maximum Gasteiger partial charge on any atom is 0.220 e. The van der Waals surface area contributed by atoms with Crippen LogP contribution in [0.2, 0.25) is 0 Å². The van der Waals surface area contributed by atoms with E-state index in [1.54, 1.807) is 18.9 Å². The first kappa shape index (κ1) is 23.6. The first-order valence-corrected chi connectivity index (χ1v) is 12.3. The molecular formula is C27H28N4O2S. The molecule has 0 radical (unpaired) electrons. The highest BCUT2D eigenvalue weighted by molar-refractivity contribution is 7.99. The van der Waals surface area contributed by atoms with Crippen LogP contribution in [0.15, 0.2) is 90.1 Å². The van der Waals surface area contributed by atoms with Gasteiger partial charge in [0.25, 0.3) is 0 Å². The molecule has 4 rings (SSSR count). The van der Waals surface area contributed by atoms with Crippen molar-refractivity contribution >= 4 is 17.7 Å². The number of para-hydroxylation sites is 1. The van der Waals surface area contributed by atoms with Gasteiger partial charge in [-0.1, -0.05) is 72.4 Å². The van der Waals surface area contributed by atoms with Crippen LogP contribution < -0.4 is 10.1 Å². The predicted molar refractivity (Wildman–Crippen MR) is 136 cm³/mol. The maximum atomic E-state index is 12.2. The van der Waals surface area contributed by atoms with Gasteiger partial charge in [-0.2, -0.15) is 0 Å². The number of nitrogens with zero attached hydrogens (tertiary/aromatic N) is 3. The molecule has 1 amide bonds. The summed E-state index contributed by atoms with van der Waals surface area (Å²) in [5.41, 5.74) is 3.15. The lowest BCUT2D eigenvalue weighted by molar-refractivity contribution is -0.121. The Morgan fingerprint density at radius 3 is 2.50 bits per heavy atom. The third-order valence-corrected chi connectivity index (χ3v) is 6.35. The molecule has 0 bridgehead atoms. The minimum Gasteiger partial charge on any atom is -0.497 e. The van der Waals surface area contributed by atoms with Crippen molar-refractivity contribution in [3.63, 3.8) is 0 Å². The highest BCUT2D eigenvalue weighted by Gasteiger charge is 2.16. The van der Waals surface area contributed by atoms with Gasteiger partial charge in [0.15, 0.2) is 11.0 Å². The number of thioether (sulfide) groups is 1. The number of ether oxygens (including phenoxy) is 1. The maximum absolute atomic E-state index is 12.2. The fourth-order valence-electron chi connectivity index (χ4n) is 3.60. The average molecular weight is 473 g/mol. The van der Waals surface area contributed by atoms with E-state index < -0.39 is 0 Å². The first-order valence-electron chi connectivity index (χ1n) is 11.3. The number of carbonyl (C=O) groups is 1. The molecule has 6 nitrogen and oxygen atoms in total. The second-order valence-corrected chi connectivity index (χ2v) is 8.81. The predicted octanol–water partition coefficient (Wildman–Crippen LogP) is 5.17. The molecule has 34 heavy (non-hydrogen) atoms. The highest BCUT2D eigenvalue weighted by Crippen LogP contribution is 2.30. The molecule has 0 atom stereocenters. The van der Waals surface area contributed by atoms with E-state index >= 15 is 0 Å². The van der Waals surface area contributed by atoms with Gasteiger partial charge in [0, 0.05) is 30.0 Å². The minimum atomic E-state index is 0.0816. The van der Waals surface area contributed by atoms with Crippen LogP contribution in [-0.2, 0) is 11.2 Å². The second-order valence-electron chi connectivity index (χ2n) is 7.75. The average Bonchev–Trinajstić information content (AvgIpc) is 3.32. The van der Waals surface area contributed by atoms with Crippen molar-refractivity contribution in [2.75, 3.05) is 19.4 Å². The number of benzene rings is 3. The molecule has 0 saturated heterocycles. The Kier molecular flexibility index (Phi) is 8.35. The van der Waals surface area contributed by atoms with Crippen molar-refractivity contribution in [2.24, 2.45) is 0 Å². The summed E-state index contributed by atoms with van der Waals surface area (Å²) in [5.74, 6) is 2.38. The molecule has 0 spiro atoms. The van der Waals surface area contributed by atoms with Crippen LogP contribution in [0.5, 0.6) is 5.75 Å². The monoisotopic (exact) mass is 472 g/mol. The van der Waals surface area contributed by atoms with Crippen molar-refractivity contribution in [1.82, 2.24) is 20.1 Å². The molecule has 1 N–H and O–H groups in total. The highest BCUT2D eigenvalue weighted by atomic mass is 32.2. The molecule has 0 fully saturated rings. The molecule has 0 aliphatic heterocycles. The SMILES string of the molecule is COc1cccc(-c2nnc(SCCCC(=O)NCCc3ccccc3)n2-c2ccccc2)c1. The van der Waals surface area contributed by atoms with Crippen LogP contribution in [0.1, 0.15) is 18.4 Å². The van der Waals surface area contributed by atoms with Gasteiger partial charge in [0.05, 0.1) is 7.11 Å². The summed E-state index contributed by atoms with van der Waals surface area (Å²) in [5, 5.41) is 12.7. The Morgan fingerprint density at radius 2 is 1.74 bits per heavy atom. The Balaban J connectivity index is 1.36. The van der Waals surface area contributed by atoms with Crippen molar-refractivity contribution in [3.05, 3.63) is 90.5 Å². The smallest absolute Gasteiger partial charge is 0.220 e. The van der Waals surface area contributed by atoms with Crippen molar-refractivity contribution < 1.29 is 9.53 Å². The first-order chi connectivity index (χ1) is 16.7. The quantitative estimate of drug-likeness (QED) is 0.241. The summed E-state index contributed by atoms with van der Waals surface area (Å²) in [6.07, 6.45) is 2.09. The molecule has 174 valence electrons. The summed E-state index contributed by atoms with van der Waals surface area (Å²) < 4.78 is 7.44. The molecule has 7 heteroatoms. The molecule has 0 aliphatic carbocycles. The number of aromatic nitrogens is 3. The van der Waals surface area contributed by atoms with Crippen LogP contribution in [0.4, 0.5) is 0 Å². The fourth-order valence-corrected chi connectivity index (χ4v) is 4.49. The summed E-state index contributed by atoms with van der Waals surface area (Å²) in [7, 11) is 1.65. The van der Waals surface area contributed by atoms with Crippen LogP contribution >= 0.6 is 11.8 Å². The van der Waals surface area contributed by atoms with E-state index in [4.69, 9.17) is 4.74 Å².